The summed E-state index contributed by atoms with van der Waals surface area (Å²) in [6.07, 6.45) is 12.6. The molecule has 112 valence electrons. The standard InChI is InChI=1S/C16H31NO2/c1-3-4-5-6-7-8-9-10-11-12-16(19)13-14-17-15(2)18/h3-14H2,1-2H3,(H,17,18). The zero-order chi connectivity index (χ0) is 14.3. The number of nitrogens with one attached hydrogen (secondary N) is 1. The van der Waals surface area contributed by atoms with Gasteiger partial charge in [0.25, 0.3) is 0 Å². The fourth-order valence-electron chi connectivity index (χ4n) is 2.14. The van der Waals surface area contributed by atoms with Gasteiger partial charge in [0.2, 0.25) is 5.91 Å². The Hall–Kier alpha value is -0.860. The number of hydrogen-bond donors (Lipinski definition) is 1. The maximum Gasteiger partial charge on any atom is 0.216 e. The molecule has 1 N–H and O–H groups in total. The third-order valence-electron chi connectivity index (χ3n) is 3.34. The van der Waals surface area contributed by atoms with Crippen LogP contribution in [-0.4, -0.2) is 18.2 Å². The molecular formula is C16H31NO2. The molecule has 0 aromatic rings. The molecule has 0 rings (SSSR count). The molecule has 19 heavy (non-hydrogen) atoms. The molecule has 0 bridgehead atoms. The van der Waals surface area contributed by atoms with Crippen LogP contribution >= 0.6 is 0 Å². The van der Waals surface area contributed by atoms with Crippen LogP contribution < -0.4 is 5.32 Å². The molecule has 0 fully saturated rings. The average molecular weight is 269 g/mol. The quantitative estimate of drug-likeness (QED) is 0.514. The van der Waals surface area contributed by atoms with E-state index in [4.69, 9.17) is 0 Å². The van der Waals surface area contributed by atoms with Crippen molar-refractivity contribution in [2.24, 2.45) is 0 Å². The number of carbonyl (C=O) groups is 2. The van der Waals surface area contributed by atoms with Gasteiger partial charge < -0.3 is 5.32 Å². The van der Waals surface area contributed by atoms with Crippen LogP contribution in [0.5, 0.6) is 0 Å². The number of hydrogen-bond acceptors (Lipinski definition) is 2. The van der Waals surface area contributed by atoms with Crippen molar-refractivity contribution in [1.29, 1.82) is 0 Å². The molecule has 3 heteroatoms. The first kappa shape index (κ1) is 18.1. The van der Waals surface area contributed by atoms with Crippen LogP contribution in [0.1, 0.15) is 84.5 Å². The smallest absolute Gasteiger partial charge is 0.216 e. The largest absolute Gasteiger partial charge is 0.356 e. The summed E-state index contributed by atoms with van der Waals surface area (Å²) in [4.78, 5) is 22.1. The molecule has 0 heterocycles. The predicted molar refractivity (Wildman–Crippen MR) is 80.2 cm³/mol. The van der Waals surface area contributed by atoms with Crippen LogP contribution in [-0.2, 0) is 9.59 Å². The first-order valence-corrected chi connectivity index (χ1v) is 7.93. The summed E-state index contributed by atoms with van der Waals surface area (Å²) >= 11 is 0. The van der Waals surface area contributed by atoms with Crippen molar-refractivity contribution in [2.45, 2.75) is 84.5 Å². The number of carbonyl (C=O) groups excluding carboxylic acids is 2. The zero-order valence-electron chi connectivity index (χ0n) is 12.8. The van der Waals surface area contributed by atoms with Gasteiger partial charge in [0.15, 0.2) is 0 Å². The topological polar surface area (TPSA) is 46.2 Å². The van der Waals surface area contributed by atoms with Crippen LogP contribution in [0.2, 0.25) is 0 Å². The van der Waals surface area contributed by atoms with Gasteiger partial charge in [-0.15, -0.1) is 0 Å². The monoisotopic (exact) mass is 269 g/mol. The summed E-state index contributed by atoms with van der Waals surface area (Å²) in [7, 11) is 0. The Labute approximate surface area is 118 Å². The van der Waals surface area contributed by atoms with E-state index in [-0.39, 0.29) is 11.7 Å². The van der Waals surface area contributed by atoms with Gasteiger partial charge in [-0.3, -0.25) is 9.59 Å². The molecule has 1 amide bonds. The minimum Gasteiger partial charge on any atom is -0.356 e. The maximum absolute atomic E-state index is 11.5. The molecule has 0 unspecified atom stereocenters. The fourth-order valence-corrected chi connectivity index (χ4v) is 2.14. The summed E-state index contributed by atoms with van der Waals surface area (Å²) in [5.41, 5.74) is 0. The van der Waals surface area contributed by atoms with E-state index in [1.807, 2.05) is 0 Å². The highest BCUT2D eigenvalue weighted by Gasteiger charge is 2.02. The van der Waals surface area contributed by atoms with Crippen LogP contribution in [0.25, 0.3) is 0 Å². The minimum absolute atomic E-state index is 0.0594. The third-order valence-corrected chi connectivity index (χ3v) is 3.34. The lowest BCUT2D eigenvalue weighted by atomic mass is 10.0. The molecule has 0 aliphatic heterocycles. The van der Waals surface area contributed by atoms with Crippen LogP contribution in [0, 0.1) is 0 Å². The van der Waals surface area contributed by atoms with Crippen molar-refractivity contribution >= 4 is 11.7 Å². The van der Waals surface area contributed by atoms with Crippen molar-refractivity contribution in [3.05, 3.63) is 0 Å². The molecule has 0 saturated heterocycles. The lowest BCUT2D eigenvalue weighted by molar-refractivity contribution is -0.120. The van der Waals surface area contributed by atoms with Gasteiger partial charge in [-0.2, -0.15) is 0 Å². The Morgan fingerprint density at radius 2 is 1.32 bits per heavy atom. The highest BCUT2D eigenvalue weighted by atomic mass is 16.1. The summed E-state index contributed by atoms with van der Waals surface area (Å²) in [5, 5.41) is 2.65. The van der Waals surface area contributed by atoms with Crippen LogP contribution in [0.15, 0.2) is 0 Å². The molecule has 0 saturated carbocycles. The lowest BCUT2D eigenvalue weighted by Crippen LogP contribution is -2.22. The highest BCUT2D eigenvalue weighted by Crippen LogP contribution is 2.10. The molecular weight excluding hydrogens is 238 g/mol. The molecule has 0 aliphatic rings. The van der Waals surface area contributed by atoms with Crippen molar-refractivity contribution in [1.82, 2.24) is 5.32 Å². The summed E-state index contributed by atoms with van der Waals surface area (Å²) in [5.74, 6) is 0.215. The fraction of sp³-hybridized carbons (Fsp3) is 0.875. The van der Waals surface area contributed by atoms with Crippen LogP contribution in [0.4, 0.5) is 0 Å². The predicted octanol–water partition coefficient (Wildman–Crippen LogP) is 4.00. The third kappa shape index (κ3) is 15.1. The van der Waals surface area contributed by atoms with Crippen LogP contribution in [0.3, 0.4) is 0 Å². The van der Waals surface area contributed by atoms with Crippen molar-refractivity contribution in [2.75, 3.05) is 6.54 Å². The molecule has 0 aliphatic carbocycles. The van der Waals surface area contributed by atoms with Gasteiger partial charge in [0, 0.05) is 26.3 Å². The SMILES string of the molecule is CCCCCCCCCCCC(=O)CCNC(C)=O. The second-order valence-electron chi connectivity index (χ2n) is 5.35. The van der Waals surface area contributed by atoms with Gasteiger partial charge in [-0.1, -0.05) is 58.3 Å². The lowest BCUT2D eigenvalue weighted by Gasteiger charge is -2.03. The number of amides is 1. The zero-order valence-corrected chi connectivity index (χ0v) is 12.8. The van der Waals surface area contributed by atoms with Crippen molar-refractivity contribution in [3.63, 3.8) is 0 Å². The summed E-state index contributed by atoms with van der Waals surface area (Å²) in [6.45, 7) is 4.21. The van der Waals surface area contributed by atoms with Gasteiger partial charge in [-0.25, -0.2) is 0 Å². The number of ketones is 1. The van der Waals surface area contributed by atoms with E-state index >= 15 is 0 Å². The van der Waals surface area contributed by atoms with Gasteiger partial charge in [0.1, 0.15) is 5.78 Å². The van der Waals surface area contributed by atoms with Gasteiger partial charge in [0.05, 0.1) is 0 Å². The Morgan fingerprint density at radius 3 is 1.84 bits per heavy atom. The molecule has 0 aromatic heterocycles. The van der Waals surface area contributed by atoms with E-state index in [0.29, 0.717) is 19.4 Å². The molecule has 0 atom stereocenters. The van der Waals surface area contributed by atoms with E-state index in [9.17, 15) is 9.59 Å². The first-order chi connectivity index (χ1) is 9.16. The molecule has 0 radical (unpaired) electrons. The number of Topliss-reactive ketones (excluding diaryl/α,β-unsaturated/α-hetero) is 1. The van der Waals surface area contributed by atoms with E-state index in [1.54, 1.807) is 0 Å². The number of unbranched alkanes of at least 4 members (excludes halogenated alkanes) is 8. The van der Waals surface area contributed by atoms with E-state index in [0.717, 1.165) is 6.42 Å². The summed E-state index contributed by atoms with van der Waals surface area (Å²) < 4.78 is 0. The highest BCUT2D eigenvalue weighted by molar-refractivity contribution is 5.79. The van der Waals surface area contributed by atoms with Crippen molar-refractivity contribution < 1.29 is 9.59 Å². The van der Waals surface area contributed by atoms with Gasteiger partial charge >= 0.3 is 0 Å². The second-order valence-corrected chi connectivity index (χ2v) is 5.35. The van der Waals surface area contributed by atoms with E-state index in [2.05, 4.69) is 12.2 Å². The Bertz CT molecular complexity index is 239. The normalized spacial score (nSPS) is 10.4. The minimum atomic E-state index is -0.0594. The Morgan fingerprint density at radius 1 is 0.789 bits per heavy atom. The molecule has 0 aromatic carbocycles. The molecule has 0 spiro atoms. The Balaban J connectivity index is 3.16. The maximum atomic E-state index is 11.5. The van der Waals surface area contributed by atoms with E-state index < -0.39 is 0 Å². The Kier molecular flexibility index (Phi) is 13.0. The second kappa shape index (κ2) is 13.6. The summed E-state index contributed by atoms with van der Waals surface area (Å²) in [6, 6.07) is 0. The van der Waals surface area contributed by atoms with E-state index in [1.165, 1.54) is 58.3 Å². The molecule has 3 nitrogen and oxygen atoms in total. The number of rotatable bonds is 13. The first-order valence-electron chi connectivity index (χ1n) is 7.93. The van der Waals surface area contributed by atoms with Crippen molar-refractivity contribution in [3.8, 4) is 0 Å². The average Bonchev–Trinajstić information content (AvgIpc) is 2.36. The van der Waals surface area contributed by atoms with Gasteiger partial charge in [-0.05, 0) is 6.42 Å².